The van der Waals surface area contributed by atoms with E-state index in [0.717, 1.165) is 12.0 Å². The van der Waals surface area contributed by atoms with Gasteiger partial charge in [0.15, 0.2) is 0 Å². The molecular formula is C10H20N2. The summed E-state index contributed by atoms with van der Waals surface area (Å²) in [6.07, 6.45) is 4.20. The highest BCUT2D eigenvalue weighted by molar-refractivity contribution is 4.83. The molecule has 2 rings (SSSR count). The maximum absolute atomic E-state index is 3.44. The zero-order valence-electron chi connectivity index (χ0n) is 8.05. The molecule has 70 valence electrons. The van der Waals surface area contributed by atoms with Gasteiger partial charge in [0, 0.05) is 12.6 Å². The molecule has 0 spiro atoms. The van der Waals surface area contributed by atoms with Gasteiger partial charge in [0.25, 0.3) is 0 Å². The Labute approximate surface area is 75.3 Å². The fourth-order valence-electron chi connectivity index (χ4n) is 2.34. The molecular weight excluding hydrogens is 148 g/mol. The van der Waals surface area contributed by atoms with Crippen LogP contribution < -0.4 is 5.32 Å². The molecule has 1 N–H and O–H groups in total. The molecule has 2 heteroatoms. The van der Waals surface area contributed by atoms with Crippen molar-refractivity contribution in [3.8, 4) is 0 Å². The van der Waals surface area contributed by atoms with E-state index in [1.165, 1.54) is 45.4 Å². The van der Waals surface area contributed by atoms with E-state index in [4.69, 9.17) is 0 Å². The molecule has 0 saturated carbocycles. The molecule has 0 radical (unpaired) electrons. The predicted molar refractivity (Wildman–Crippen MR) is 51.2 cm³/mol. The topological polar surface area (TPSA) is 15.3 Å². The van der Waals surface area contributed by atoms with Crippen LogP contribution >= 0.6 is 0 Å². The third-order valence-electron chi connectivity index (χ3n) is 3.37. The fraction of sp³-hybridized carbons (Fsp3) is 1.00. The van der Waals surface area contributed by atoms with Crippen molar-refractivity contribution in [3.05, 3.63) is 0 Å². The summed E-state index contributed by atoms with van der Waals surface area (Å²) >= 11 is 0. The normalized spacial score (nSPS) is 34.2. The molecule has 2 heterocycles. The van der Waals surface area contributed by atoms with Crippen molar-refractivity contribution in [2.24, 2.45) is 5.92 Å². The average Bonchev–Trinajstić information content (AvgIpc) is 2.58. The Bertz CT molecular complexity index is 133. The van der Waals surface area contributed by atoms with Crippen molar-refractivity contribution in [1.82, 2.24) is 10.2 Å². The summed E-state index contributed by atoms with van der Waals surface area (Å²) in [6, 6.07) is 0.859. The van der Waals surface area contributed by atoms with Gasteiger partial charge in [-0.3, -0.25) is 4.90 Å². The predicted octanol–water partition coefficient (Wildman–Crippen LogP) is 1.08. The lowest BCUT2D eigenvalue weighted by atomic mass is 9.98. The first-order valence-electron chi connectivity index (χ1n) is 5.31. The summed E-state index contributed by atoms with van der Waals surface area (Å²) in [5.74, 6) is 0.968. The molecule has 0 aromatic heterocycles. The summed E-state index contributed by atoms with van der Waals surface area (Å²) in [6.45, 7) is 7.52. The van der Waals surface area contributed by atoms with E-state index in [-0.39, 0.29) is 0 Å². The van der Waals surface area contributed by atoms with Crippen molar-refractivity contribution < 1.29 is 0 Å². The molecule has 1 atom stereocenters. The second-order valence-electron chi connectivity index (χ2n) is 4.37. The van der Waals surface area contributed by atoms with Gasteiger partial charge in [0.05, 0.1) is 0 Å². The van der Waals surface area contributed by atoms with Crippen LogP contribution in [0.25, 0.3) is 0 Å². The molecule has 2 fully saturated rings. The van der Waals surface area contributed by atoms with Crippen LogP contribution in [0.3, 0.4) is 0 Å². The molecule has 0 aliphatic carbocycles. The Hall–Kier alpha value is -0.0800. The standard InChI is InChI=1S/C10H20N2/c1-9-3-6-12(7-4-9)10-2-5-11-8-10/h9-11H,2-8H2,1H3. The highest BCUT2D eigenvalue weighted by Crippen LogP contribution is 2.20. The van der Waals surface area contributed by atoms with Crippen molar-refractivity contribution in [2.45, 2.75) is 32.2 Å². The molecule has 2 nitrogen and oxygen atoms in total. The van der Waals surface area contributed by atoms with Gasteiger partial charge in [-0.15, -0.1) is 0 Å². The second kappa shape index (κ2) is 3.75. The Kier molecular flexibility index (Phi) is 2.66. The smallest absolute Gasteiger partial charge is 0.0232 e. The molecule has 0 bridgehead atoms. The third-order valence-corrected chi connectivity index (χ3v) is 3.37. The minimum Gasteiger partial charge on any atom is -0.315 e. The van der Waals surface area contributed by atoms with E-state index in [2.05, 4.69) is 17.1 Å². The largest absolute Gasteiger partial charge is 0.315 e. The van der Waals surface area contributed by atoms with Crippen molar-refractivity contribution in [3.63, 3.8) is 0 Å². The van der Waals surface area contributed by atoms with Gasteiger partial charge in [-0.2, -0.15) is 0 Å². The summed E-state index contributed by atoms with van der Waals surface area (Å²) in [7, 11) is 0. The molecule has 2 saturated heterocycles. The van der Waals surface area contributed by atoms with E-state index in [1.807, 2.05) is 0 Å². The summed E-state index contributed by atoms with van der Waals surface area (Å²) in [5.41, 5.74) is 0. The van der Waals surface area contributed by atoms with Crippen molar-refractivity contribution in [2.75, 3.05) is 26.2 Å². The second-order valence-corrected chi connectivity index (χ2v) is 4.37. The first-order chi connectivity index (χ1) is 5.86. The number of nitrogens with one attached hydrogen (secondary N) is 1. The Morgan fingerprint density at radius 2 is 1.92 bits per heavy atom. The summed E-state index contributed by atoms with van der Waals surface area (Å²) in [4.78, 5) is 2.68. The number of nitrogens with zero attached hydrogens (tertiary/aromatic N) is 1. The zero-order chi connectivity index (χ0) is 8.39. The number of likely N-dealkylation sites (tertiary alicyclic amines) is 1. The van der Waals surface area contributed by atoms with Crippen LogP contribution in [0.4, 0.5) is 0 Å². The van der Waals surface area contributed by atoms with Crippen LogP contribution in [-0.4, -0.2) is 37.1 Å². The molecule has 2 aliphatic heterocycles. The van der Waals surface area contributed by atoms with Crippen molar-refractivity contribution in [1.29, 1.82) is 0 Å². The number of hydrogen-bond donors (Lipinski definition) is 1. The SMILES string of the molecule is CC1CCN(C2CCNC2)CC1. The Morgan fingerprint density at radius 3 is 2.50 bits per heavy atom. The molecule has 0 aromatic rings. The van der Waals surface area contributed by atoms with E-state index < -0.39 is 0 Å². The fourth-order valence-corrected chi connectivity index (χ4v) is 2.34. The van der Waals surface area contributed by atoms with Gasteiger partial charge in [-0.1, -0.05) is 6.92 Å². The monoisotopic (exact) mass is 168 g/mol. The molecule has 2 aliphatic rings. The lowest BCUT2D eigenvalue weighted by Crippen LogP contribution is -2.42. The van der Waals surface area contributed by atoms with Crippen LogP contribution in [0.1, 0.15) is 26.2 Å². The van der Waals surface area contributed by atoms with Gasteiger partial charge >= 0.3 is 0 Å². The molecule has 12 heavy (non-hydrogen) atoms. The van der Waals surface area contributed by atoms with Crippen LogP contribution in [0.5, 0.6) is 0 Å². The van der Waals surface area contributed by atoms with Gasteiger partial charge < -0.3 is 5.32 Å². The molecule has 0 amide bonds. The van der Waals surface area contributed by atoms with E-state index in [1.54, 1.807) is 0 Å². The average molecular weight is 168 g/mol. The quantitative estimate of drug-likeness (QED) is 0.630. The summed E-state index contributed by atoms with van der Waals surface area (Å²) in [5, 5.41) is 3.44. The number of piperidine rings is 1. The first-order valence-corrected chi connectivity index (χ1v) is 5.31. The highest BCUT2D eigenvalue weighted by atomic mass is 15.2. The highest BCUT2D eigenvalue weighted by Gasteiger charge is 2.25. The van der Waals surface area contributed by atoms with Crippen molar-refractivity contribution >= 4 is 0 Å². The van der Waals surface area contributed by atoms with E-state index in [0.29, 0.717) is 0 Å². The molecule has 1 unspecified atom stereocenters. The maximum atomic E-state index is 3.44. The van der Waals surface area contributed by atoms with Crippen LogP contribution in [-0.2, 0) is 0 Å². The van der Waals surface area contributed by atoms with Crippen LogP contribution in [0, 0.1) is 5.92 Å². The van der Waals surface area contributed by atoms with Crippen LogP contribution in [0.2, 0.25) is 0 Å². The van der Waals surface area contributed by atoms with Crippen LogP contribution in [0.15, 0.2) is 0 Å². The van der Waals surface area contributed by atoms with Gasteiger partial charge in [0.1, 0.15) is 0 Å². The Morgan fingerprint density at radius 1 is 1.17 bits per heavy atom. The number of hydrogen-bond acceptors (Lipinski definition) is 2. The summed E-state index contributed by atoms with van der Waals surface area (Å²) < 4.78 is 0. The number of rotatable bonds is 1. The Balaban J connectivity index is 1.80. The minimum atomic E-state index is 0.859. The maximum Gasteiger partial charge on any atom is 0.0232 e. The molecule has 0 aromatic carbocycles. The van der Waals surface area contributed by atoms with Gasteiger partial charge in [-0.05, 0) is 44.8 Å². The van der Waals surface area contributed by atoms with E-state index >= 15 is 0 Å². The van der Waals surface area contributed by atoms with Gasteiger partial charge in [-0.25, -0.2) is 0 Å². The van der Waals surface area contributed by atoms with Gasteiger partial charge in [0.2, 0.25) is 0 Å². The first kappa shape index (κ1) is 8.52. The minimum absolute atomic E-state index is 0.859. The lowest BCUT2D eigenvalue weighted by Gasteiger charge is -2.34. The van der Waals surface area contributed by atoms with E-state index in [9.17, 15) is 0 Å². The zero-order valence-corrected chi connectivity index (χ0v) is 8.05. The lowest BCUT2D eigenvalue weighted by molar-refractivity contribution is 0.146. The third kappa shape index (κ3) is 1.80.